The van der Waals surface area contributed by atoms with E-state index < -0.39 is 0 Å². The molecule has 1 aromatic heterocycles. The van der Waals surface area contributed by atoms with Crippen molar-refractivity contribution in [2.75, 3.05) is 11.9 Å². The summed E-state index contributed by atoms with van der Waals surface area (Å²) < 4.78 is 11.4. The second-order valence-corrected chi connectivity index (χ2v) is 5.32. The van der Waals surface area contributed by atoms with E-state index in [1.807, 2.05) is 36.4 Å². The first kappa shape index (κ1) is 14.5. The lowest BCUT2D eigenvalue weighted by Crippen LogP contribution is -2.11. The average Bonchev–Trinajstić information content (AvgIpc) is 2.97. The fourth-order valence-electron chi connectivity index (χ4n) is 2.02. The van der Waals surface area contributed by atoms with Crippen LogP contribution in [0.25, 0.3) is 0 Å². The van der Waals surface area contributed by atoms with E-state index in [9.17, 15) is 0 Å². The molecule has 1 unspecified atom stereocenters. The van der Waals surface area contributed by atoms with Crippen molar-refractivity contribution < 1.29 is 9.15 Å². The van der Waals surface area contributed by atoms with Gasteiger partial charge in [0.15, 0.2) is 0 Å². The Morgan fingerprint density at radius 2 is 1.95 bits per heavy atom. The molecule has 1 heterocycles. The zero-order chi connectivity index (χ0) is 14.4. The first-order chi connectivity index (χ1) is 9.70. The molecule has 1 atom stereocenters. The Morgan fingerprint density at radius 1 is 1.15 bits per heavy atom. The maximum absolute atomic E-state index is 5.87. The highest BCUT2D eigenvalue weighted by Crippen LogP contribution is 2.30. The van der Waals surface area contributed by atoms with Gasteiger partial charge in [-0.25, -0.2) is 0 Å². The van der Waals surface area contributed by atoms with E-state index in [2.05, 4.69) is 26.1 Å². The number of hydrogen-bond acceptors (Lipinski definition) is 3. The number of anilines is 1. The molecule has 108 valence electrons. The minimum Gasteiger partial charge on any atom is -0.491 e. The molecule has 0 amide bonds. The van der Waals surface area contributed by atoms with E-state index in [-0.39, 0.29) is 6.04 Å². The molecular formula is C17H23NO2. The second-order valence-electron chi connectivity index (χ2n) is 5.32. The third-order valence-electron chi connectivity index (χ3n) is 3.08. The van der Waals surface area contributed by atoms with E-state index in [1.54, 1.807) is 6.26 Å². The van der Waals surface area contributed by atoms with Gasteiger partial charge >= 0.3 is 0 Å². The molecule has 0 aliphatic rings. The predicted molar refractivity (Wildman–Crippen MR) is 82.1 cm³/mol. The minimum atomic E-state index is 0.161. The summed E-state index contributed by atoms with van der Waals surface area (Å²) in [6.45, 7) is 7.15. The summed E-state index contributed by atoms with van der Waals surface area (Å²) in [5.41, 5.74) is 1.01. The molecule has 2 rings (SSSR count). The van der Waals surface area contributed by atoms with Gasteiger partial charge in [-0.1, -0.05) is 32.9 Å². The number of para-hydroxylation sites is 2. The van der Waals surface area contributed by atoms with Crippen LogP contribution in [0.2, 0.25) is 0 Å². The molecule has 0 saturated heterocycles. The molecule has 0 aliphatic heterocycles. The number of nitrogens with one attached hydrogen (secondary N) is 1. The Morgan fingerprint density at radius 3 is 2.60 bits per heavy atom. The largest absolute Gasteiger partial charge is 0.491 e. The quantitative estimate of drug-likeness (QED) is 0.781. The van der Waals surface area contributed by atoms with Gasteiger partial charge in [-0.3, -0.25) is 0 Å². The van der Waals surface area contributed by atoms with Gasteiger partial charge in [-0.2, -0.15) is 0 Å². The standard InChI is InChI=1S/C17H23NO2/c1-4-14(16-10-7-11-19-16)18-15-8-5-6-9-17(15)20-12-13(2)3/h5-11,13-14,18H,4,12H2,1-3H3. The molecule has 0 aliphatic carbocycles. The highest BCUT2D eigenvalue weighted by atomic mass is 16.5. The van der Waals surface area contributed by atoms with Crippen molar-refractivity contribution in [3.63, 3.8) is 0 Å². The minimum absolute atomic E-state index is 0.161. The van der Waals surface area contributed by atoms with Crippen LogP contribution in [0.4, 0.5) is 5.69 Å². The van der Waals surface area contributed by atoms with Crippen LogP contribution in [0.15, 0.2) is 47.1 Å². The molecule has 0 spiro atoms. The SMILES string of the molecule is CCC(Nc1ccccc1OCC(C)C)c1ccco1. The molecule has 2 aromatic rings. The Hall–Kier alpha value is -1.90. The smallest absolute Gasteiger partial charge is 0.142 e. The topological polar surface area (TPSA) is 34.4 Å². The molecule has 0 radical (unpaired) electrons. The Kier molecular flexibility index (Phi) is 5.10. The fourth-order valence-corrected chi connectivity index (χ4v) is 2.02. The van der Waals surface area contributed by atoms with Gasteiger partial charge in [0.05, 0.1) is 24.6 Å². The monoisotopic (exact) mass is 273 g/mol. The Balaban J connectivity index is 2.11. The van der Waals surface area contributed by atoms with E-state index >= 15 is 0 Å². The Bertz CT molecular complexity index is 505. The summed E-state index contributed by atoms with van der Waals surface area (Å²) in [7, 11) is 0. The number of hydrogen-bond donors (Lipinski definition) is 1. The molecule has 1 N–H and O–H groups in total. The van der Waals surface area contributed by atoms with Gasteiger partial charge in [-0.05, 0) is 36.6 Å². The lowest BCUT2D eigenvalue weighted by Gasteiger charge is -2.19. The first-order valence-corrected chi connectivity index (χ1v) is 7.22. The van der Waals surface area contributed by atoms with Crippen molar-refractivity contribution in [1.29, 1.82) is 0 Å². The maximum atomic E-state index is 5.87. The van der Waals surface area contributed by atoms with Crippen LogP contribution in [-0.2, 0) is 0 Å². The van der Waals surface area contributed by atoms with Crippen LogP contribution in [0.1, 0.15) is 39.0 Å². The fraction of sp³-hybridized carbons (Fsp3) is 0.412. The lowest BCUT2D eigenvalue weighted by molar-refractivity contribution is 0.272. The van der Waals surface area contributed by atoms with Crippen LogP contribution in [0.5, 0.6) is 5.75 Å². The van der Waals surface area contributed by atoms with Crippen molar-refractivity contribution in [1.82, 2.24) is 0 Å². The number of benzene rings is 1. The van der Waals surface area contributed by atoms with Gasteiger partial charge in [0, 0.05) is 0 Å². The maximum Gasteiger partial charge on any atom is 0.142 e. The third-order valence-corrected chi connectivity index (χ3v) is 3.08. The molecular weight excluding hydrogens is 250 g/mol. The predicted octanol–water partition coefficient (Wildman–Crippen LogP) is 4.88. The van der Waals surface area contributed by atoms with Crippen molar-refractivity contribution >= 4 is 5.69 Å². The van der Waals surface area contributed by atoms with Gasteiger partial charge in [0.1, 0.15) is 11.5 Å². The summed E-state index contributed by atoms with van der Waals surface area (Å²) in [6, 6.07) is 12.1. The van der Waals surface area contributed by atoms with E-state index in [0.717, 1.165) is 30.2 Å². The lowest BCUT2D eigenvalue weighted by atomic mass is 10.1. The summed E-state index contributed by atoms with van der Waals surface area (Å²) in [5, 5.41) is 3.50. The molecule has 0 fully saturated rings. The van der Waals surface area contributed by atoms with Crippen LogP contribution in [-0.4, -0.2) is 6.61 Å². The molecule has 3 heteroatoms. The van der Waals surface area contributed by atoms with E-state index in [4.69, 9.17) is 9.15 Å². The van der Waals surface area contributed by atoms with Crippen molar-refractivity contribution in [3.05, 3.63) is 48.4 Å². The first-order valence-electron chi connectivity index (χ1n) is 7.22. The highest BCUT2D eigenvalue weighted by molar-refractivity contribution is 5.57. The van der Waals surface area contributed by atoms with Crippen molar-refractivity contribution in [2.24, 2.45) is 5.92 Å². The van der Waals surface area contributed by atoms with E-state index in [1.165, 1.54) is 0 Å². The van der Waals surface area contributed by atoms with Gasteiger partial charge in [-0.15, -0.1) is 0 Å². The van der Waals surface area contributed by atoms with Gasteiger partial charge in [0.2, 0.25) is 0 Å². The molecule has 0 bridgehead atoms. The third kappa shape index (κ3) is 3.80. The normalized spacial score (nSPS) is 12.4. The Labute approximate surface area is 121 Å². The summed E-state index contributed by atoms with van der Waals surface area (Å²) in [5.74, 6) is 2.35. The highest BCUT2D eigenvalue weighted by Gasteiger charge is 2.14. The second kappa shape index (κ2) is 7.04. The van der Waals surface area contributed by atoms with Crippen molar-refractivity contribution in [2.45, 2.75) is 33.2 Å². The molecule has 0 saturated carbocycles. The average molecular weight is 273 g/mol. The summed E-state index contributed by atoms with van der Waals surface area (Å²) >= 11 is 0. The number of furan rings is 1. The summed E-state index contributed by atoms with van der Waals surface area (Å²) in [4.78, 5) is 0. The molecule has 3 nitrogen and oxygen atoms in total. The van der Waals surface area contributed by atoms with Gasteiger partial charge < -0.3 is 14.5 Å². The van der Waals surface area contributed by atoms with Crippen molar-refractivity contribution in [3.8, 4) is 5.75 Å². The van der Waals surface area contributed by atoms with Crippen LogP contribution in [0, 0.1) is 5.92 Å². The zero-order valence-corrected chi connectivity index (χ0v) is 12.4. The van der Waals surface area contributed by atoms with E-state index in [0.29, 0.717) is 5.92 Å². The number of ether oxygens (including phenoxy) is 1. The molecule has 20 heavy (non-hydrogen) atoms. The van der Waals surface area contributed by atoms with Crippen LogP contribution in [0.3, 0.4) is 0 Å². The number of rotatable bonds is 7. The van der Waals surface area contributed by atoms with Crippen LogP contribution >= 0.6 is 0 Å². The van der Waals surface area contributed by atoms with Gasteiger partial charge in [0.25, 0.3) is 0 Å². The summed E-state index contributed by atoms with van der Waals surface area (Å²) in [6.07, 6.45) is 2.66. The van der Waals surface area contributed by atoms with Crippen LogP contribution < -0.4 is 10.1 Å². The molecule has 1 aromatic carbocycles. The zero-order valence-electron chi connectivity index (χ0n) is 12.4.